The molecule has 0 bridgehead atoms. The maximum Gasteiger partial charge on any atom is 0.416 e. The summed E-state index contributed by atoms with van der Waals surface area (Å²) in [4.78, 5) is 32.2. The molecule has 1 saturated carbocycles. The Labute approximate surface area is 248 Å². The third-order valence-electron chi connectivity index (χ3n) is 6.74. The summed E-state index contributed by atoms with van der Waals surface area (Å²) in [5, 5.41) is 3.63. The van der Waals surface area contributed by atoms with E-state index in [2.05, 4.69) is 43.9 Å². The fourth-order valence-electron chi connectivity index (χ4n) is 4.26. The van der Waals surface area contributed by atoms with Gasteiger partial charge in [0.1, 0.15) is 12.6 Å². The number of nitrogen functional groups attached to an aromatic ring is 2. The second-order valence-corrected chi connectivity index (χ2v) is 11.1. The minimum Gasteiger partial charge on any atom is -0.399 e. The number of hydrogen-bond acceptors (Lipinski definition) is 9. The van der Waals surface area contributed by atoms with Crippen LogP contribution in [0, 0.1) is 17.8 Å². The molecule has 1 aromatic heterocycles. The Kier molecular flexibility index (Phi) is 12.2. The molecule has 9 nitrogen and oxygen atoms in total. The lowest BCUT2D eigenvalue weighted by Crippen LogP contribution is -2.45. The topological polar surface area (TPSA) is 130 Å². The van der Waals surface area contributed by atoms with E-state index < -0.39 is 11.7 Å². The molecule has 0 radical (unpaired) electrons. The van der Waals surface area contributed by atoms with E-state index in [1.165, 1.54) is 23.9 Å². The van der Waals surface area contributed by atoms with Gasteiger partial charge in [-0.2, -0.15) is 13.2 Å². The summed E-state index contributed by atoms with van der Waals surface area (Å²) in [7, 11) is 0. The monoisotopic (exact) mass is 603 g/mol. The summed E-state index contributed by atoms with van der Waals surface area (Å²) in [6, 6.07) is 7.61. The zero-order valence-electron chi connectivity index (χ0n) is 23.5. The van der Waals surface area contributed by atoms with Gasteiger partial charge in [-0.05, 0) is 49.2 Å². The van der Waals surface area contributed by atoms with E-state index in [1.54, 1.807) is 12.3 Å². The molecule has 5 rings (SSSR count). The van der Waals surface area contributed by atoms with Crippen molar-refractivity contribution in [1.82, 2.24) is 20.1 Å². The molecule has 0 spiro atoms. The van der Waals surface area contributed by atoms with Crippen molar-refractivity contribution in [3.05, 3.63) is 53.2 Å². The maximum atomic E-state index is 13.0. The van der Waals surface area contributed by atoms with Crippen LogP contribution in [0.5, 0.6) is 0 Å². The lowest BCUT2D eigenvalue weighted by atomic mass is 10.1. The summed E-state index contributed by atoms with van der Waals surface area (Å²) in [5.74, 6) is 6.95. The lowest BCUT2D eigenvalue weighted by Gasteiger charge is -2.34. The molecule has 42 heavy (non-hydrogen) atoms. The fourth-order valence-corrected chi connectivity index (χ4v) is 5.11. The third kappa shape index (κ3) is 10.3. The van der Waals surface area contributed by atoms with Gasteiger partial charge in [0, 0.05) is 56.1 Å². The maximum absolute atomic E-state index is 13.0. The first-order chi connectivity index (χ1) is 20.1. The standard InChI is InChI=1S/C14H20F3N3.C14H14N4OS.CH2O/c1-2-19-5-7-20(8-6-19)10-11-3-4-12(18)9-13(11)14(15,16)17;15-12-7-9(5-6-16-12)1-4-11-8-17-14(20-11)18-13(19)10-2-3-10;1-2/h3-4,9H,2,5-8,10,18H2,1H3;5-7,10-11H,2-3,8H2,(H2,15,16)(H,17,18,19);1H2. The first-order valence-electron chi connectivity index (χ1n) is 13.5. The molecule has 13 heteroatoms. The number of thioether (sulfide) groups is 1. The van der Waals surface area contributed by atoms with Crippen LogP contribution in [0.15, 0.2) is 41.5 Å². The van der Waals surface area contributed by atoms with Gasteiger partial charge < -0.3 is 26.5 Å². The number of nitrogens with two attached hydrogens (primary N) is 2. The number of rotatable bonds is 4. The Morgan fingerprint density at radius 2 is 1.81 bits per heavy atom. The molecule has 5 N–H and O–H groups in total. The number of carbonyl (C=O) groups is 2. The molecular formula is C29H36F3N7O2S. The van der Waals surface area contributed by atoms with Crippen molar-refractivity contribution in [2.75, 3.05) is 50.7 Å². The van der Waals surface area contributed by atoms with Gasteiger partial charge in [0.15, 0.2) is 5.17 Å². The van der Waals surface area contributed by atoms with Gasteiger partial charge in [0.2, 0.25) is 5.91 Å². The van der Waals surface area contributed by atoms with Crippen molar-refractivity contribution in [2.24, 2.45) is 10.9 Å². The Bertz CT molecular complexity index is 1300. The summed E-state index contributed by atoms with van der Waals surface area (Å²) in [6.07, 6.45) is -0.720. The number of carbonyl (C=O) groups excluding carboxylic acids is 2. The number of alkyl halides is 3. The number of piperazine rings is 1. The SMILES string of the molecule is C=O.CCN1CCN(Cc2ccc(N)cc2C(F)(F)F)CC1.Nc1cc(C#CC2CN=C(NC(=O)C3CC3)S2)ccn1. The van der Waals surface area contributed by atoms with Gasteiger partial charge >= 0.3 is 6.18 Å². The highest BCUT2D eigenvalue weighted by atomic mass is 32.2. The summed E-state index contributed by atoms with van der Waals surface area (Å²) >= 11 is 1.51. The normalized spacial score (nSPS) is 18.8. The van der Waals surface area contributed by atoms with Crippen LogP contribution in [-0.4, -0.2) is 77.2 Å². The van der Waals surface area contributed by atoms with E-state index in [1.807, 2.05) is 12.9 Å². The first kappa shape index (κ1) is 32.9. The number of benzene rings is 1. The first-order valence-corrected chi connectivity index (χ1v) is 14.4. The van der Waals surface area contributed by atoms with Crippen LogP contribution >= 0.6 is 11.8 Å². The second-order valence-electron chi connectivity index (χ2n) is 9.88. The van der Waals surface area contributed by atoms with Gasteiger partial charge in [0.25, 0.3) is 0 Å². The molecular weight excluding hydrogens is 567 g/mol. The van der Waals surface area contributed by atoms with Gasteiger partial charge in [-0.3, -0.25) is 14.7 Å². The molecule has 226 valence electrons. The molecule has 2 aromatic rings. The van der Waals surface area contributed by atoms with Crippen molar-refractivity contribution in [3.63, 3.8) is 0 Å². The van der Waals surface area contributed by atoms with Crippen molar-refractivity contribution in [2.45, 2.75) is 37.7 Å². The van der Waals surface area contributed by atoms with E-state index in [-0.39, 0.29) is 22.8 Å². The summed E-state index contributed by atoms with van der Waals surface area (Å²) < 4.78 is 39.1. The summed E-state index contributed by atoms with van der Waals surface area (Å²) in [5.41, 5.74) is 11.8. The van der Waals surface area contributed by atoms with E-state index in [4.69, 9.17) is 16.3 Å². The highest BCUT2D eigenvalue weighted by molar-refractivity contribution is 8.14. The van der Waals surface area contributed by atoms with Gasteiger partial charge in [0.05, 0.1) is 17.4 Å². The van der Waals surface area contributed by atoms with E-state index in [0.717, 1.165) is 57.2 Å². The number of likely N-dealkylation sites (N-methyl/N-ethyl adjacent to an activating group) is 1. The number of pyridine rings is 1. The number of aliphatic imine (C=N–C) groups is 1. The minimum absolute atomic E-state index is 0.0823. The average Bonchev–Trinajstić information content (AvgIpc) is 3.74. The van der Waals surface area contributed by atoms with E-state index in [0.29, 0.717) is 29.6 Å². The quantitative estimate of drug-likeness (QED) is 0.359. The highest BCUT2D eigenvalue weighted by Crippen LogP contribution is 2.34. The number of amides is 1. The number of aromatic nitrogens is 1. The fraction of sp³-hybridized carbons (Fsp3) is 0.448. The van der Waals surface area contributed by atoms with Crippen LogP contribution in [0.4, 0.5) is 24.7 Å². The summed E-state index contributed by atoms with van der Waals surface area (Å²) in [6.45, 7) is 9.44. The van der Waals surface area contributed by atoms with Crippen molar-refractivity contribution in [3.8, 4) is 11.8 Å². The molecule has 1 atom stereocenters. The number of hydrogen-bond donors (Lipinski definition) is 3. The molecule has 3 heterocycles. The van der Waals surface area contributed by atoms with Crippen LogP contribution in [0.25, 0.3) is 0 Å². The number of halogens is 3. The lowest BCUT2D eigenvalue weighted by molar-refractivity contribution is -0.138. The van der Waals surface area contributed by atoms with Crippen LogP contribution in [-0.2, 0) is 22.3 Å². The van der Waals surface area contributed by atoms with Crippen LogP contribution < -0.4 is 16.8 Å². The van der Waals surface area contributed by atoms with Crippen LogP contribution in [0.2, 0.25) is 0 Å². The molecule has 1 saturated heterocycles. The second kappa shape index (κ2) is 15.6. The van der Waals surface area contributed by atoms with Crippen molar-refractivity contribution < 1.29 is 22.8 Å². The molecule has 3 aliphatic rings. The molecule has 1 aliphatic carbocycles. The van der Waals surface area contributed by atoms with Crippen LogP contribution in [0.3, 0.4) is 0 Å². The van der Waals surface area contributed by atoms with Gasteiger partial charge in [-0.15, -0.1) is 0 Å². The molecule has 1 aromatic carbocycles. The highest BCUT2D eigenvalue weighted by Gasteiger charge is 2.34. The molecule has 2 fully saturated rings. The Morgan fingerprint density at radius 3 is 2.43 bits per heavy atom. The van der Waals surface area contributed by atoms with Crippen molar-refractivity contribution in [1.29, 1.82) is 0 Å². The van der Waals surface area contributed by atoms with Crippen molar-refractivity contribution >= 4 is 41.1 Å². The Balaban J connectivity index is 0.000000218. The minimum atomic E-state index is -4.35. The van der Waals surface area contributed by atoms with E-state index in [9.17, 15) is 18.0 Å². The van der Waals surface area contributed by atoms with Gasteiger partial charge in [-0.1, -0.05) is 36.6 Å². The third-order valence-corrected chi connectivity index (χ3v) is 7.74. The van der Waals surface area contributed by atoms with E-state index >= 15 is 0 Å². The molecule has 1 amide bonds. The number of nitrogens with one attached hydrogen (secondary N) is 1. The zero-order valence-corrected chi connectivity index (χ0v) is 24.3. The number of amidine groups is 1. The Hall–Kier alpha value is -3.60. The molecule has 2 aliphatic heterocycles. The molecule has 1 unspecified atom stereocenters. The Morgan fingerprint density at radius 1 is 1.12 bits per heavy atom. The predicted octanol–water partition coefficient (Wildman–Crippen LogP) is 3.25. The zero-order chi connectivity index (χ0) is 30.7. The largest absolute Gasteiger partial charge is 0.416 e. The average molecular weight is 604 g/mol. The number of nitrogens with zero attached hydrogens (tertiary/aromatic N) is 4. The predicted molar refractivity (Wildman–Crippen MR) is 160 cm³/mol. The number of anilines is 2. The van der Waals surface area contributed by atoms with Crippen LogP contribution in [0.1, 0.15) is 36.5 Å². The van der Waals surface area contributed by atoms with Gasteiger partial charge in [-0.25, -0.2) is 4.98 Å². The smallest absolute Gasteiger partial charge is 0.399 e.